The predicted octanol–water partition coefficient (Wildman–Crippen LogP) is 3.34. The van der Waals surface area contributed by atoms with Gasteiger partial charge in [-0.3, -0.25) is 0 Å². The quantitative estimate of drug-likeness (QED) is 0.765. The SMILES string of the molecule is CCN(CC)CCOc1ccc(C#Cc2ccc(F)cc2)cn1. The fourth-order valence-electron chi connectivity index (χ4n) is 2.04. The van der Waals surface area contributed by atoms with E-state index in [-0.39, 0.29) is 5.82 Å². The van der Waals surface area contributed by atoms with Gasteiger partial charge in [-0.15, -0.1) is 0 Å². The summed E-state index contributed by atoms with van der Waals surface area (Å²) in [6, 6.07) is 9.79. The molecule has 0 saturated carbocycles. The van der Waals surface area contributed by atoms with Gasteiger partial charge in [0.25, 0.3) is 0 Å². The van der Waals surface area contributed by atoms with Crippen LogP contribution in [-0.2, 0) is 0 Å². The summed E-state index contributed by atoms with van der Waals surface area (Å²) in [6.45, 7) is 7.82. The normalized spacial score (nSPS) is 10.3. The van der Waals surface area contributed by atoms with Crippen LogP contribution >= 0.6 is 0 Å². The van der Waals surface area contributed by atoms with E-state index in [1.807, 2.05) is 12.1 Å². The number of benzene rings is 1. The Hall–Kier alpha value is -2.38. The van der Waals surface area contributed by atoms with Gasteiger partial charge in [-0.05, 0) is 43.4 Å². The summed E-state index contributed by atoms with van der Waals surface area (Å²) in [4.78, 5) is 6.54. The molecule has 2 aromatic rings. The molecule has 0 spiro atoms. The molecule has 1 aromatic carbocycles. The van der Waals surface area contributed by atoms with Crippen LogP contribution in [0.5, 0.6) is 5.88 Å². The maximum Gasteiger partial charge on any atom is 0.213 e. The van der Waals surface area contributed by atoms with Crippen molar-refractivity contribution in [2.45, 2.75) is 13.8 Å². The summed E-state index contributed by atoms with van der Waals surface area (Å²) in [5.74, 6) is 6.32. The second kappa shape index (κ2) is 8.92. The Balaban J connectivity index is 1.88. The van der Waals surface area contributed by atoms with Crippen LogP contribution in [0.15, 0.2) is 42.6 Å². The molecule has 0 radical (unpaired) electrons. The largest absolute Gasteiger partial charge is 0.476 e. The number of pyridine rings is 1. The predicted molar refractivity (Wildman–Crippen MR) is 89.9 cm³/mol. The van der Waals surface area contributed by atoms with Gasteiger partial charge in [0.15, 0.2) is 0 Å². The standard InChI is InChI=1S/C19H21FN2O/c1-3-22(4-2)13-14-23-19-12-9-17(15-21-19)6-5-16-7-10-18(20)11-8-16/h7-12,15H,3-4,13-14H2,1-2H3. The number of aromatic nitrogens is 1. The fraction of sp³-hybridized carbons (Fsp3) is 0.316. The first-order valence-electron chi connectivity index (χ1n) is 7.80. The average Bonchev–Trinajstić information content (AvgIpc) is 2.59. The molecule has 3 nitrogen and oxygen atoms in total. The van der Waals surface area contributed by atoms with E-state index < -0.39 is 0 Å². The molecule has 0 N–H and O–H groups in total. The lowest BCUT2D eigenvalue weighted by Crippen LogP contribution is -2.28. The first-order chi connectivity index (χ1) is 11.2. The highest BCUT2D eigenvalue weighted by atomic mass is 19.1. The van der Waals surface area contributed by atoms with E-state index in [0.717, 1.165) is 30.8 Å². The van der Waals surface area contributed by atoms with Crippen molar-refractivity contribution in [1.82, 2.24) is 9.88 Å². The number of hydrogen-bond donors (Lipinski definition) is 0. The van der Waals surface area contributed by atoms with Crippen LogP contribution < -0.4 is 4.74 Å². The van der Waals surface area contributed by atoms with Crippen LogP contribution in [0.25, 0.3) is 0 Å². The topological polar surface area (TPSA) is 25.4 Å². The van der Waals surface area contributed by atoms with Crippen LogP contribution in [0.1, 0.15) is 25.0 Å². The summed E-state index contributed by atoms with van der Waals surface area (Å²) < 4.78 is 18.4. The van der Waals surface area contributed by atoms with Crippen LogP contribution in [0.4, 0.5) is 4.39 Å². The maximum atomic E-state index is 12.8. The zero-order valence-electron chi connectivity index (χ0n) is 13.6. The molecule has 23 heavy (non-hydrogen) atoms. The van der Waals surface area contributed by atoms with Crippen molar-refractivity contribution in [1.29, 1.82) is 0 Å². The van der Waals surface area contributed by atoms with E-state index in [0.29, 0.717) is 12.5 Å². The van der Waals surface area contributed by atoms with Crippen molar-refractivity contribution in [3.63, 3.8) is 0 Å². The zero-order valence-corrected chi connectivity index (χ0v) is 13.6. The molecule has 0 aliphatic carbocycles. The number of rotatable bonds is 6. The molecule has 120 valence electrons. The molecule has 0 aliphatic rings. The number of nitrogens with zero attached hydrogens (tertiary/aromatic N) is 2. The molecule has 0 atom stereocenters. The third-order valence-electron chi connectivity index (χ3n) is 3.48. The smallest absolute Gasteiger partial charge is 0.213 e. The Morgan fingerprint density at radius 3 is 2.26 bits per heavy atom. The maximum absolute atomic E-state index is 12.8. The van der Waals surface area contributed by atoms with Crippen molar-refractivity contribution < 1.29 is 9.13 Å². The number of ether oxygens (including phenoxy) is 1. The van der Waals surface area contributed by atoms with Gasteiger partial charge in [-0.2, -0.15) is 0 Å². The first kappa shape index (κ1) is 17.0. The third kappa shape index (κ3) is 5.72. The van der Waals surface area contributed by atoms with Crippen molar-refractivity contribution in [3.8, 4) is 17.7 Å². The zero-order chi connectivity index (χ0) is 16.5. The highest BCUT2D eigenvalue weighted by molar-refractivity contribution is 5.42. The summed E-state index contributed by atoms with van der Waals surface area (Å²) >= 11 is 0. The van der Waals surface area contributed by atoms with Crippen molar-refractivity contribution >= 4 is 0 Å². The summed E-state index contributed by atoms with van der Waals surface area (Å²) in [5, 5.41) is 0. The van der Waals surface area contributed by atoms with Crippen molar-refractivity contribution in [3.05, 3.63) is 59.5 Å². The van der Waals surface area contributed by atoms with E-state index in [2.05, 4.69) is 35.6 Å². The molecule has 1 heterocycles. The molecule has 0 unspecified atom stereocenters. The summed E-state index contributed by atoms with van der Waals surface area (Å²) in [6.07, 6.45) is 1.68. The first-order valence-corrected chi connectivity index (χ1v) is 7.80. The molecule has 0 amide bonds. The van der Waals surface area contributed by atoms with Gasteiger partial charge in [0.2, 0.25) is 5.88 Å². The van der Waals surface area contributed by atoms with E-state index in [4.69, 9.17) is 4.74 Å². The molecule has 0 saturated heterocycles. The number of halogens is 1. The van der Waals surface area contributed by atoms with Gasteiger partial charge in [-0.25, -0.2) is 9.37 Å². The Bertz CT molecular complexity index is 653. The average molecular weight is 312 g/mol. The Morgan fingerprint density at radius 1 is 1.00 bits per heavy atom. The van der Waals surface area contributed by atoms with Crippen molar-refractivity contribution in [2.75, 3.05) is 26.2 Å². The van der Waals surface area contributed by atoms with Crippen molar-refractivity contribution in [2.24, 2.45) is 0 Å². The van der Waals surface area contributed by atoms with Crippen LogP contribution in [0.3, 0.4) is 0 Å². The number of hydrogen-bond acceptors (Lipinski definition) is 3. The van der Waals surface area contributed by atoms with Gasteiger partial charge in [-0.1, -0.05) is 25.7 Å². The van der Waals surface area contributed by atoms with E-state index in [1.165, 1.54) is 12.1 Å². The second-order valence-corrected chi connectivity index (χ2v) is 5.02. The minimum atomic E-state index is -0.261. The molecular formula is C19H21FN2O. The van der Waals surface area contributed by atoms with E-state index in [9.17, 15) is 4.39 Å². The molecular weight excluding hydrogens is 291 g/mol. The van der Waals surface area contributed by atoms with E-state index in [1.54, 1.807) is 18.3 Å². The van der Waals surface area contributed by atoms with Gasteiger partial charge in [0.1, 0.15) is 12.4 Å². The van der Waals surface area contributed by atoms with E-state index >= 15 is 0 Å². The minimum Gasteiger partial charge on any atom is -0.476 e. The second-order valence-electron chi connectivity index (χ2n) is 5.02. The fourth-order valence-corrected chi connectivity index (χ4v) is 2.04. The lowest BCUT2D eigenvalue weighted by atomic mass is 10.2. The molecule has 4 heteroatoms. The van der Waals surface area contributed by atoms with Gasteiger partial charge in [0, 0.05) is 29.9 Å². The van der Waals surface area contributed by atoms with Crippen LogP contribution in [-0.4, -0.2) is 36.1 Å². The number of likely N-dealkylation sites (N-methyl/N-ethyl adjacent to an activating group) is 1. The third-order valence-corrected chi connectivity index (χ3v) is 3.48. The Morgan fingerprint density at radius 2 is 1.65 bits per heavy atom. The van der Waals surface area contributed by atoms with Gasteiger partial charge >= 0.3 is 0 Å². The Kier molecular flexibility index (Phi) is 6.58. The monoisotopic (exact) mass is 312 g/mol. The van der Waals surface area contributed by atoms with Crippen LogP contribution in [0, 0.1) is 17.7 Å². The van der Waals surface area contributed by atoms with Gasteiger partial charge in [0.05, 0.1) is 0 Å². The highest BCUT2D eigenvalue weighted by Crippen LogP contribution is 2.07. The van der Waals surface area contributed by atoms with Crippen LogP contribution in [0.2, 0.25) is 0 Å². The highest BCUT2D eigenvalue weighted by Gasteiger charge is 2.00. The molecule has 0 aliphatic heterocycles. The molecule has 0 bridgehead atoms. The lowest BCUT2D eigenvalue weighted by molar-refractivity contribution is 0.218. The molecule has 1 aromatic heterocycles. The summed E-state index contributed by atoms with van der Waals surface area (Å²) in [5.41, 5.74) is 1.57. The molecule has 0 fully saturated rings. The minimum absolute atomic E-state index is 0.261. The lowest BCUT2D eigenvalue weighted by Gasteiger charge is -2.17. The van der Waals surface area contributed by atoms with Gasteiger partial charge < -0.3 is 9.64 Å². The molecule has 2 rings (SSSR count). The summed E-state index contributed by atoms with van der Waals surface area (Å²) in [7, 11) is 0. The Labute approximate surface area is 137 Å².